The lowest BCUT2D eigenvalue weighted by Crippen LogP contribution is -2.03. The number of hydrogen-bond acceptors (Lipinski definition) is 3. The summed E-state index contributed by atoms with van der Waals surface area (Å²) in [5.41, 5.74) is -0.204. The summed E-state index contributed by atoms with van der Waals surface area (Å²) < 4.78 is 17.9. The quantitative estimate of drug-likeness (QED) is 0.759. The molecule has 0 spiro atoms. The molecule has 0 aliphatic carbocycles. The van der Waals surface area contributed by atoms with Gasteiger partial charge in [-0.3, -0.25) is 0 Å². The lowest BCUT2D eigenvalue weighted by Gasteiger charge is -2.09. The molecule has 76 valence electrons. The van der Waals surface area contributed by atoms with E-state index in [4.69, 9.17) is 9.84 Å². The minimum atomic E-state index is -1.43. The number of hydrogen-bond donors (Lipinski definition) is 2. The smallest absolute Gasteiger partial charge is 0.338 e. The van der Waals surface area contributed by atoms with Crippen molar-refractivity contribution in [2.75, 3.05) is 7.11 Å². The molecule has 0 amide bonds. The molecule has 0 aliphatic rings. The van der Waals surface area contributed by atoms with Crippen molar-refractivity contribution in [2.24, 2.45) is 0 Å². The second-order valence-corrected chi connectivity index (χ2v) is 2.74. The third kappa shape index (κ3) is 1.48. The highest BCUT2D eigenvalue weighted by molar-refractivity contribution is 5.89. The molecule has 14 heavy (non-hydrogen) atoms. The summed E-state index contributed by atoms with van der Waals surface area (Å²) in [6.07, 6.45) is 0. The monoisotopic (exact) mass is 200 g/mol. The van der Waals surface area contributed by atoms with Crippen molar-refractivity contribution in [1.29, 1.82) is 0 Å². The molecule has 1 aromatic rings. The van der Waals surface area contributed by atoms with E-state index in [1.54, 1.807) is 0 Å². The Morgan fingerprint density at radius 1 is 1.57 bits per heavy atom. The molecule has 4 nitrogen and oxygen atoms in total. The molecule has 0 radical (unpaired) electrons. The standard InChI is InChI=1S/C9H9FO4/c1-4-3-5(9(12)13)6(10)7(11)8(4)14-2/h3,11H,1-2H3,(H,12,13). The summed E-state index contributed by atoms with van der Waals surface area (Å²) in [6, 6.07) is 1.11. The van der Waals surface area contributed by atoms with E-state index in [1.807, 2.05) is 0 Å². The van der Waals surface area contributed by atoms with Crippen molar-refractivity contribution in [3.05, 3.63) is 23.0 Å². The second kappa shape index (κ2) is 3.53. The number of phenolic OH excluding ortho intramolecular Hbond substituents is 1. The van der Waals surface area contributed by atoms with E-state index in [-0.39, 0.29) is 5.75 Å². The number of rotatable bonds is 2. The third-order valence-electron chi connectivity index (χ3n) is 1.81. The van der Waals surface area contributed by atoms with Gasteiger partial charge in [-0.25, -0.2) is 9.18 Å². The number of halogens is 1. The van der Waals surface area contributed by atoms with Crippen LogP contribution >= 0.6 is 0 Å². The maximum atomic E-state index is 13.2. The van der Waals surface area contributed by atoms with Gasteiger partial charge in [0, 0.05) is 0 Å². The van der Waals surface area contributed by atoms with E-state index in [0.29, 0.717) is 5.56 Å². The number of ether oxygens (including phenoxy) is 1. The number of carboxylic acid groups (broad SMARTS) is 1. The molecule has 0 fully saturated rings. The number of benzene rings is 1. The van der Waals surface area contributed by atoms with Crippen molar-refractivity contribution in [3.63, 3.8) is 0 Å². The zero-order valence-corrected chi connectivity index (χ0v) is 7.67. The first-order valence-corrected chi connectivity index (χ1v) is 3.78. The predicted molar refractivity (Wildman–Crippen MR) is 46.3 cm³/mol. The van der Waals surface area contributed by atoms with Crippen LogP contribution < -0.4 is 4.74 Å². The van der Waals surface area contributed by atoms with Crippen molar-refractivity contribution in [2.45, 2.75) is 6.92 Å². The van der Waals surface area contributed by atoms with Crippen LogP contribution in [0.15, 0.2) is 6.07 Å². The fraction of sp³-hybridized carbons (Fsp3) is 0.222. The first-order valence-electron chi connectivity index (χ1n) is 3.78. The van der Waals surface area contributed by atoms with E-state index >= 15 is 0 Å². The lowest BCUT2D eigenvalue weighted by atomic mass is 10.1. The summed E-state index contributed by atoms with van der Waals surface area (Å²) >= 11 is 0. The van der Waals surface area contributed by atoms with E-state index in [0.717, 1.165) is 6.07 Å². The highest BCUT2D eigenvalue weighted by Gasteiger charge is 2.20. The molecule has 0 saturated carbocycles. The highest BCUT2D eigenvalue weighted by atomic mass is 19.1. The van der Waals surface area contributed by atoms with Gasteiger partial charge in [-0.1, -0.05) is 0 Å². The normalized spacial score (nSPS) is 9.93. The van der Waals surface area contributed by atoms with E-state index in [2.05, 4.69) is 0 Å². The molecule has 0 unspecified atom stereocenters. The van der Waals surface area contributed by atoms with Crippen LogP contribution in [0.2, 0.25) is 0 Å². The minimum Gasteiger partial charge on any atom is -0.502 e. The molecule has 0 atom stereocenters. The first kappa shape index (κ1) is 10.3. The van der Waals surface area contributed by atoms with Gasteiger partial charge in [-0.05, 0) is 18.6 Å². The molecule has 2 N–H and O–H groups in total. The molecule has 0 heterocycles. The maximum absolute atomic E-state index is 13.2. The Morgan fingerprint density at radius 2 is 2.14 bits per heavy atom. The van der Waals surface area contributed by atoms with Crippen LogP contribution in [0.25, 0.3) is 0 Å². The summed E-state index contributed by atoms with van der Waals surface area (Å²) in [4.78, 5) is 10.5. The number of aromatic hydroxyl groups is 1. The van der Waals surface area contributed by atoms with Gasteiger partial charge in [0.15, 0.2) is 17.3 Å². The number of phenols is 1. The number of methoxy groups -OCH3 is 1. The number of aryl methyl sites for hydroxylation is 1. The third-order valence-corrected chi connectivity index (χ3v) is 1.81. The first-order chi connectivity index (χ1) is 6.49. The Labute approximate surface area is 79.6 Å². The fourth-order valence-corrected chi connectivity index (χ4v) is 1.17. The van der Waals surface area contributed by atoms with Crippen molar-refractivity contribution in [3.8, 4) is 11.5 Å². The Hall–Kier alpha value is -1.78. The van der Waals surface area contributed by atoms with E-state index in [1.165, 1.54) is 14.0 Å². The average Bonchev–Trinajstić information content (AvgIpc) is 2.12. The van der Waals surface area contributed by atoms with Crippen LogP contribution in [0.1, 0.15) is 15.9 Å². The molecular weight excluding hydrogens is 191 g/mol. The van der Waals surface area contributed by atoms with E-state index in [9.17, 15) is 14.3 Å². The Kier molecular flexibility index (Phi) is 2.60. The van der Waals surface area contributed by atoms with Gasteiger partial charge in [0.05, 0.1) is 12.7 Å². The van der Waals surface area contributed by atoms with Gasteiger partial charge in [0.25, 0.3) is 0 Å². The molecule has 0 bridgehead atoms. The predicted octanol–water partition coefficient (Wildman–Crippen LogP) is 1.55. The minimum absolute atomic E-state index is 0.0486. The zero-order valence-electron chi connectivity index (χ0n) is 7.67. The number of carbonyl (C=O) groups is 1. The SMILES string of the molecule is COc1c(C)cc(C(=O)O)c(F)c1O. The number of aromatic carboxylic acids is 1. The zero-order chi connectivity index (χ0) is 10.9. The fourth-order valence-electron chi connectivity index (χ4n) is 1.17. The van der Waals surface area contributed by atoms with Crippen molar-refractivity contribution < 1.29 is 24.1 Å². The summed E-state index contributed by atoms with van der Waals surface area (Å²) in [6.45, 7) is 1.52. The van der Waals surface area contributed by atoms with Gasteiger partial charge in [-0.15, -0.1) is 0 Å². The molecule has 1 rings (SSSR count). The highest BCUT2D eigenvalue weighted by Crippen LogP contribution is 2.34. The van der Waals surface area contributed by atoms with Crippen LogP contribution in [0.3, 0.4) is 0 Å². The van der Waals surface area contributed by atoms with Crippen LogP contribution in [0.4, 0.5) is 4.39 Å². The summed E-state index contributed by atoms with van der Waals surface area (Å²) in [7, 11) is 1.27. The van der Waals surface area contributed by atoms with Gasteiger partial charge < -0.3 is 14.9 Å². The molecule has 0 aliphatic heterocycles. The van der Waals surface area contributed by atoms with Gasteiger partial charge in [0.2, 0.25) is 0 Å². The molecular formula is C9H9FO4. The van der Waals surface area contributed by atoms with Crippen molar-refractivity contribution in [1.82, 2.24) is 0 Å². The molecule has 0 aromatic heterocycles. The average molecular weight is 200 g/mol. The largest absolute Gasteiger partial charge is 0.502 e. The van der Waals surface area contributed by atoms with Gasteiger partial charge in [-0.2, -0.15) is 0 Å². The lowest BCUT2D eigenvalue weighted by molar-refractivity contribution is 0.0690. The van der Waals surface area contributed by atoms with Crippen LogP contribution in [-0.4, -0.2) is 23.3 Å². The van der Waals surface area contributed by atoms with Crippen LogP contribution in [-0.2, 0) is 0 Å². The Morgan fingerprint density at radius 3 is 2.57 bits per heavy atom. The maximum Gasteiger partial charge on any atom is 0.338 e. The number of carboxylic acids is 1. The van der Waals surface area contributed by atoms with Crippen LogP contribution in [0.5, 0.6) is 11.5 Å². The topological polar surface area (TPSA) is 66.8 Å². The Bertz CT molecular complexity index is 387. The van der Waals surface area contributed by atoms with Crippen LogP contribution in [0, 0.1) is 12.7 Å². The van der Waals surface area contributed by atoms with Crippen molar-refractivity contribution >= 4 is 5.97 Å². The van der Waals surface area contributed by atoms with E-state index < -0.39 is 23.1 Å². The van der Waals surface area contributed by atoms with Gasteiger partial charge in [0.1, 0.15) is 0 Å². The second-order valence-electron chi connectivity index (χ2n) is 2.74. The molecule has 0 saturated heterocycles. The Balaban J connectivity index is 3.47. The molecule has 1 aromatic carbocycles. The summed E-state index contributed by atoms with van der Waals surface area (Å²) in [5.74, 6) is -3.43. The summed E-state index contributed by atoms with van der Waals surface area (Å²) in [5, 5.41) is 17.8. The molecule has 5 heteroatoms. The van der Waals surface area contributed by atoms with Gasteiger partial charge >= 0.3 is 5.97 Å².